The summed E-state index contributed by atoms with van der Waals surface area (Å²) in [4.78, 5) is 4.27. The second kappa shape index (κ2) is 5.46. The number of aromatic nitrogens is 2. The van der Waals surface area contributed by atoms with E-state index in [1.807, 2.05) is 12.4 Å². The predicted molar refractivity (Wildman–Crippen MR) is 61.0 cm³/mol. The van der Waals surface area contributed by atoms with Gasteiger partial charge >= 0.3 is 0 Å². The minimum absolute atomic E-state index is 0.113. The maximum atomic E-state index is 9.39. The number of hydrogen-bond donors (Lipinski definition) is 1. The van der Waals surface area contributed by atoms with E-state index in [-0.39, 0.29) is 6.10 Å². The van der Waals surface area contributed by atoms with Crippen molar-refractivity contribution >= 4 is 0 Å². The SMILES string of the molecule is CCn1ccnc1COC1CCC(O)CC1. The van der Waals surface area contributed by atoms with E-state index in [1.165, 1.54) is 0 Å². The quantitative estimate of drug-likeness (QED) is 0.847. The summed E-state index contributed by atoms with van der Waals surface area (Å²) in [6.07, 6.45) is 7.64. The van der Waals surface area contributed by atoms with Crippen LogP contribution in [0.1, 0.15) is 38.4 Å². The van der Waals surface area contributed by atoms with Gasteiger partial charge in [-0.15, -0.1) is 0 Å². The van der Waals surface area contributed by atoms with Crippen molar-refractivity contribution in [3.05, 3.63) is 18.2 Å². The first-order chi connectivity index (χ1) is 7.79. The lowest BCUT2D eigenvalue weighted by molar-refractivity contribution is -0.0150. The summed E-state index contributed by atoms with van der Waals surface area (Å²) in [6.45, 7) is 3.62. The number of hydrogen-bond acceptors (Lipinski definition) is 3. The Kier molecular flexibility index (Phi) is 3.96. The summed E-state index contributed by atoms with van der Waals surface area (Å²) in [5.74, 6) is 0.994. The standard InChI is InChI=1S/C12H20N2O2/c1-2-14-8-7-13-12(14)9-16-11-5-3-10(15)4-6-11/h7-8,10-11,15H,2-6,9H2,1H3. The molecule has 0 spiro atoms. The number of aryl methyl sites for hydroxylation is 1. The highest BCUT2D eigenvalue weighted by Gasteiger charge is 2.20. The molecule has 0 saturated heterocycles. The van der Waals surface area contributed by atoms with Crippen molar-refractivity contribution in [2.75, 3.05) is 0 Å². The minimum Gasteiger partial charge on any atom is -0.393 e. The molecule has 0 radical (unpaired) electrons. The Morgan fingerprint density at radius 3 is 2.88 bits per heavy atom. The molecule has 0 aliphatic heterocycles. The first-order valence-electron chi connectivity index (χ1n) is 6.09. The Hall–Kier alpha value is -0.870. The molecule has 1 heterocycles. The molecule has 2 rings (SSSR count). The average Bonchev–Trinajstić information content (AvgIpc) is 2.76. The first kappa shape index (κ1) is 11.6. The van der Waals surface area contributed by atoms with Crippen molar-refractivity contribution in [3.63, 3.8) is 0 Å². The molecule has 0 atom stereocenters. The summed E-state index contributed by atoms with van der Waals surface area (Å²) >= 11 is 0. The van der Waals surface area contributed by atoms with Crippen molar-refractivity contribution in [2.45, 2.75) is 58.0 Å². The second-order valence-electron chi connectivity index (χ2n) is 4.37. The molecule has 1 fully saturated rings. The predicted octanol–water partition coefficient (Wildman–Crippen LogP) is 1.72. The average molecular weight is 224 g/mol. The van der Waals surface area contributed by atoms with Gasteiger partial charge in [-0.1, -0.05) is 0 Å². The summed E-state index contributed by atoms with van der Waals surface area (Å²) < 4.78 is 7.92. The lowest BCUT2D eigenvalue weighted by Crippen LogP contribution is -2.24. The Bertz CT molecular complexity index is 317. The monoisotopic (exact) mass is 224 g/mol. The lowest BCUT2D eigenvalue weighted by Gasteiger charge is -2.25. The number of aliphatic hydroxyl groups excluding tert-OH is 1. The smallest absolute Gasteiger partial charge is 0.134 e. The molecule has 4 heteroatoms. The van der Waals surface area contributed by atoms with Gasteiger partial charge in [-0.2, -0.15) is 0 Å². The molecule has 16 heavy (non-hydrogen) atoms. The highest BCUT2D eigenvalue weighted by atomic mass is 16.5. The van der Waals surface area contributed by atoms with Crippen LogP contribution in [0.5, 0.6) is 0 Å². The fourth-order valence-corrected chi connectivity index (χ4v) is 2.17. The Labute approximate surface area is 96.3 Å². The van der Waals surface area contributed by atoms with Gasteiger partial charge in [0.05, 0.1) is 12.2 Å². The van der Waals surface area contributed by atoms with E-state index in [0.29, 0.717) is 12.7 Å². The van der Waals surface area contributed by atoms with E-state index in [0.717, 1.165) is 38.1 Å². The van der Waals surface area contributed by atoms with Crippen LogP contribution in [0.25, 0.3) is 0 Å². The van der Waals surface area contributed by atoms with E-state index in [9.17, 15) is 5.11 Å². The summed E-state index contributed by atoms with van der Waals surface area (Å²) in [5.41, 5.74) is 0. The Balaban J connectivity index is 1.79. The summed E-state index contributed by atoms with van der Waals surface area (Å²) in [5, 5.41) is 9.39. The Morgan fingerprint density at radius 2 is 2.19 bits per heavy atom. The van der Waals surface area contributed by atoms with Crippen molar-refractivity contribution in [1.29, 1.82) is 0 Å². The second-order valence-corrected chi connectivity index (χ2v) is 4.37. The highest BCUT2D eigenvalue weighted by molar-refractivity contribution is 4.90. The summed E-state index contributed by atoms with van der Waals surface area (Å²) in [6, 6.07) is 0. The lowest BCUT2D eigenvalue weighted by atomic mass is 9.95. The van der Waals surface area contributed by atoms with Crippen molar-refractivity contribution < 1.29 is 9.84 Å². The molecule has 1 aliphatic carbocycles. The molecule has 0 amide bonds. The van der Waals surface area contributed by atoms with Crippen LogP contribution in [0.2, 0.25) is 0 Å². The van der Waals surface area contributed by atoms with Crippen molar-refractivity contribution in [1.82, 2.24) is 9.55 Å². The zero-order valence-corrected chi connectivity index (χ0v) is 9.80. The number of aliphatic hydroxyl groups is 1. The molecular weight excluding hydrogens is 204 g/mol. The van der Waals surface area contributed by atoms with Crippen LogP contribution in [-0.4, -0.2) is 26.9 Å². The van der Waals surface area contributed by atoms with Crippen molar-refractivity contribution in [2.24, 2.45) is 0 Å². The van der Waals surface area contributed by atoms with Crippen molar-refractivity contribution in [3.8, 4) is 0 Å². The van der Waals surface area contributed by atoms with Gasteiger partial charge in [-0.3, -0.25) is 0 Å². The van der Waals surface area contributed by atoms with Crippen LogP contribution in [0.3, 0.4) is 0 Å². The van der Waals surface area contributed by atoms with Gasteiger partial charge in [0.25, 0.3) is 0 Å². The Morgan fingerprint density at radius 1 is 1.44 bits per heavy atom. The van der Waals surface area contributed by atoms with Gasteiger partial charge in [0.15, 0.2) is 0 Å². The first-order valence-corrected chi connectivity index (χ1v) is 6.09. The number of nitrogens with zero attached hydrogens (tertiary/aromatic N) is 2. The summed E-state index contributed by atoms with van der Waals surface area (Å²) in [7, 11) is 0. The van der Waals surface area contributed by atoms with Crippen LogP contribution >= 0.6 is 0 Å². The molecule has 1 aromatic rings. The van der Waals surface area contributed by atoms with E-state index in [4.69, 9.17) is 4.74 Å². The molecular formula is C12H20N2O2. The van der Waals surface area contributed by atoms with E-state index >= 15 is 0 Å². The van der Waals surface area contributed by atoms with Crippen LogP contribution in [0, 0.1) is 0 Å². The van der Waals surface area contributed by atoms with Gasteiger partial charge in [0.2, 0.25) is 0 Å². The molecule has 1 aliphatic rings. The molecule has 1 N–H and O–H groups in total. The molecule has 0 aromatic carbocycles. The van der Waals surface area contributed by atoms with Gasteiger partial charge < -0.3 is 14.4 Å². The van der Waals surface area contributed by atoms with Crippen LogP contribution in [-0.2, 0) is 17.9 Å². The zero-order chi connectivity index (χ0) is 11.4. The van der Waals surface area contributed by atoms with Gasteiger partial charge in [0, 0.05) is 18.9 Å². The third kappa shape index (κ3) is 2.83. The number of rotatable bonds is 4. The molecule has 1 saturated carbocycles. The zero-order valence-electron chi connectivity index (χ0n) is 9.80. The van der Waals surface area contributed by atoms with Crippen LogP contribution in [0.4, 0.5) is 0 Å². The van der Waals surface area contributed by atoms with E-state index in [2.05, 4.69) is 16.5 Å². The molecule has 90 valence electrons. The van der Waals surface area contributed by atoms with Gasteiger partial charge in [-0.05, 0) is 32.6 Å². The maximum absolute atomic E-state index is 9.39. The highest BCUT2D eigenvalue weighted by Crippen LogP contribution is 2.21. The topological polar surface area (TPSA) is 47.3 Å². The number of imidazole rings is 1. The third-order valence-electron chi connectivity index (χ3n) is 3.23. The molecule has 1 aromatic heterocycles. The fraction of sp³-hybridized carbons (Fsp3) is 0.750. The van der Waals surface area contributed by atoms with Gasteiger partial charge in [0.1, 0.15) is 12.4 Å². The van der Waals surface area contributed by atoms with Crippen LogP contribution < -0.4 is 0 Å². The number of ether oxygens (including phenoxy) is 1. The minimum atomic E-state index is -0.113. The maximum Gasteiger partial charge on any atom is 0.134 e. The van der Waals surface area contributed by atoms with E-state index in [1.54, 1.807) is 0 Å². The molecule has 4 nitrogen and oxygen atoms in total. The molecule has 0 bridgehead atoms. The molecule has 0 unspecified atom stereocenters. The van der Waals surface area contributed by atoms with Crippen LogP contribution in [0.15, 0.2) is 12.4 Å². The largest absolute Gasteiger partial charge is 0.393 e. The third-order valence-corrected chi connectivity index (χ3v) is 3.23. The van der Waals surface area contributed by atoms with Gasteiger partial charge in [-0.25, -0.2) is 4.98 Å². The normalized spacial score (nSPS) is 25.9. The fourth-order valence-electron chi connectivity index (χ4n) is 2.17. The van der Waals surface area contributed by atoms with E-state index < -0.39 is 0 Å².